The minimum Gasteiger partial charge on any atom is -0.384 e. The van der Waals surface area contributed by atoms with Gasteiger partial charge in [0.15, 0.2) is 0 Å². The van der Waals surface area contributed by atoms with Gasteiger partial charge in [-0.1, -0.05) is 0 Å². The Hall–Kier alpha value is -1.72. The molecule has 4 nitrogen and oxygen atoms in total. The summed E-state index contributed by atoms with van der Waals surface area (Å²) in [5, 5.41) is 2.39. The first kappa shape index (κ1) is 10.8. The van der Waals surface area contributed by atoms with Crippen LogP contribution in [-0.4, -0.2) is 16.8 Å². The van der Waals surface area contributed by atoms with Crippen LogP contribution < -0.4 is 11.1 Å². The monoisotopic (exact) mass is 227 g/mol. The molecular weight excluding hydrogens is 216 g/mol. The maximum atomic E-state index is 12.9. The molecule has 1 aromatic heterocycles. The van der Waals surface area contributed by atoms with Crippen LogP contribution >= 0.6 is 0 Å². The zero-order valence-electron chi connectivity index (χ0n) is 8.63. The van der Waals surface area contributed by atoms with Gasteiger partial charge in [0.1, 0.15) is 11.2 Å². The van der Waals surface area contributed by atoms with Gasteiger partial charge in [0.2, 0.25) is 5.91 Å². The number of rotatable bonds is 2. The van der Waals surface area contributed by atoms with Crippen LogP contribution in [0.5, 0.6) is 0 Å². The lowest BCUT2D eigenvalue weighted by molar-refractivity contribution is -0.123. The van der Waals surface area contributed by atoms with Gasteiger partial charge in [0, 0.05) is 6.42 Å². The number of carbonyl (C=O) groups is 1. The molecule has 0 spiro atoms. The number of aromatic nitrogens is 1. The Morgan fingerprint density at radius 1 is 1.56 bits per heavy atom. The van der Waals surface area contributed by atoms with Crippen molar-refractivity contribution in [3.8, 4) is 0 Å². The zero-order chi connectivity index (χ0) is 12.0. The van der Waals surface area contributed by atoms with E-state index in [1.165, 1.54) is 25.3 Å². The maximum Gasteiger partial charge on any atom is 0.263 e. The molecule has 0 saturated heterocycles. The molecular formula is C10H11F2N3O. The lowest BCUT2D eigenvalue weighted by atomic mass is 10.1. The minimum atomic E-state index is -2.90. The normalized spacial score (nSPS) is 26.2. The topological polar surface area (TPSA) is 68.0 Å². The van der Waals surface area contributed by atoms with Gasteiger partial charge in [-0.05, 0) is 19.1 Å². The number of alkyl halides is 2. The fourth-order valence-corrected chi connectivity index (χ4v) is 1.39. The highest BCUT2D eigenvalue weighted by Crippen LogP contribution is 2.60. The summed E-state index contributed by atoms with van der Waals surface area (Å²) in [5.74, 6) is -3.29. The van der Waals surface area contributed by atoms with Crippen molar-refractivity contribution in [1.29, 1.82) is 0 Å². The smallest absolute Gasteiger partial charge is 0.263 e. The lowest BCUT2D eigenvalue weighted by Gasteiger charge is -2.10. The van der Waals surface area contributed by atoms with Crippen molar-refractivity contribution in [2.24, 2.45) is 5.41 Å². The number of halogens is 2. The first-order valence-corrected chi connectivity index (χ1v) is 4.76. The first-order valence-electron chi connectivity index (χ1n) is 4.76. The van der Waals surface area contributed by atoms with Crippen LogP contribution in [0.3, 0.4) is 0 Å². The lowest BCUT2D eigenvalue weighted by Crippen LogP contribution is -2.26. The Morgan fingerprint density at radius 3 is 2.62 bits per heavy atom. The van der Waals surface area contributed by atoms with Crippen molar-refractivity contribution in [3.05, 3.63) is 18.3 Å². The van der Waals surface area contributed by atoms with E-state index in [0.29, 0.717) is 11.5 Å². The summed E-state index contributed by atoms with van der Waals surface area (Å²) in [7, 11) is 0. The molecule has 1 atom stereocenters. The third-order valence-electron chi connectivity index (χ3n) is 2.80. The van der Waals surface area contributed by atoms with E-state index < -0.39 is 23.7 Å². The van der Waals surface area contributed by atoms with Gasteiger partial charge in [0.25, 0.3) is 5.92 Å². The number of hydrogen-bond acceptors (Lipinski definition) is 3. The summed E-state index contributed by atoms with van der Waals surface area (Å²) < 4.78 is 25.8. The summed E-state index contributed by atoms with van der Waals surface area (Å²) in [4.78, 5) is 15.3. The van der Waals surface area contributed by atoms with E-state index in [4.69, 9.17) is 5.73 Å². The quantitative estimate of drug-likeness (QED) is 0.807. The predicted molar refractivity (Wildman–Crippen MR) is 55.0 cm³/mol. The predicted octanol–water partition coefficient (Wildman–Crippen LogP) is 1.65. The fourth-order valence-electron chi connectivity index (χ4n) is 1.39. The van der Waals surface area contributed by atoms with Crippen LogP contribution in [0.2, 0.25) is 0 Å². The molecule has 1 aliphatic rings. The Balaban J connectivity index is 2.07. The van der Waals surface area contributed by atoms with Gasteiger partial charge in [-0.15, -0.1) is 0 Å². The average Bonchev–Trinajstić information content (AvgIpc) is 2.71. The number of pyridine rings is 1. The molecule has 1 unspecified atom stereocenters. The highest BCUT2D eigenvalue weighted by molar-refractivity contribution is 5.98. The summed E-state index contributed by atoms with van der Waals surface area (Å²) in [6, 6.07) is 3.01. The molecule has 1 aliphatic carbocycles. The van der Waals surface area contributed by atoms with E-state index in [1.54, 1.807) is 0 Å². The average molecular weight is 227 g/mol. The molecule has 1 aromatic rings. The highest BCUT2D eigenvalue weighted by atomic mass is 19.3. The second-order valence-electron chi connectivity index (χ2n) is 4.14. The highest BCUT2D eigenvalue weighted by Gasteiger charge is 2.72. The number of hydrogen-bond donors (Lipinski definition) is 2. The zero-order valence-corrected chi connectivity index (χ0v) is 8.63. The maximum absolute atomic E-state index is 12.9. The molecule has 3 N–H and O–H groups in total. The van der Waals surface area contributed by atoms with Crippen molar-refractivity contribution in [3.63, 3.8) is 0 Å². The van der Waals surface area contributed by atoms with E-state index in [-0.39, 0.29) is 0 Å². The van der Waals surface area contributed by atoms with E-state index in [9.17, 15) is 13.6 Å². The van der Waals surface area contributed by atoms with Gasteiger partial charge in [-0.2, -0.15) is 0 Å². The van der Waals surface area contributed by atoms with Crippen LogP contribution in [0, 0.1) is 5.41 Å². The van der Waals surface area contributed by atoms with Crippen LogP contribution in [0.15, 0.2) is 18.3 Å². The number of nitrogen functional groups attached to an aromatic ring is 1. The van der Waals surface area contributed by atoms with E-state index in [1.807, 2.05) is 0 Å². The van der Waals surface area contributed by atoms with Gasteiger partial charge < -0.3 is 11.1 Å². The van der Waals surface area contributed by atoms with Crippen LogP contribution in [-0.2, 0) is 4.79 Å². The number of nitrogens with zero attached hydrogens (tertiary/aromatic N) is 1. The Labute approximate surface area is 90.9 Å². The van der Waals surface area contributed by atoms with E-state index in [0.717, 1.165) is 0 Å². The largest absolute Gasteiger partial charge is 0.384 e. The summed E-state index contributed by atoms with van der Waals surface area (Å²) in [6.07, 6.45) is 0.922. The third kappa shape index (κ3) is 1.60. The van der Waals surface area contributed by atoms with Crippen molar-refractivity contribution in [2.75, 3.05) is 11.1 Å². The summed E-state index contributed by atoms with van der Waals surface area (Å²) in [6.45, 7) is 1.24. The molecule has 1 fully saturated rings. The van der Waals surface area contributed by atoms with Crippen LogP contribution in [0.4, 0.5) is 20.3 Å². The first-order chi connectivity index (χ1) is 7.35. The minimum absolute atomic E-state index is 0.306. The Morgan fingerprint density at radius 2 is 2.19 bits per heavy atom. The summed E-state index contributed by atoms with van der Waals surface area (Å²) >= 11 is 0. The fraction of sp³-hybridized carbons (Fsp3) is 0.400. The van der Waals surface area contributed by atoms with E-state index >= 15 is 0 Å². The number of carbonyl (C=O) groups excluding carboxylic acids is 1. The van der Waals surface area contributed by atoms with Crippen molar-refractivity contribution < 1.29 is 13.6 Å². The SMILES string of the molecule is CC1(C(=O)Nc2ccc(N)nc2)CC1(F)F. The molecule has 0 bridgehead atoms. The number of nitrogens with two attached hydrogens (primary N) is 1. The van der Waals surface area contributed by atoms with Crippen molar-refractivity contribution in [2.45, 2.75) is 19.3 Å². The van der Waals surface area contributed by atoms with Gasteiger partial charge in [0.05, 0.1) is 11.9 Å². The Bertz CT molecular complexity index is 432. The van der Waals surface area contributed by atoms with Gasteiger partial charge >= 0.3 is 0 Å². The second-order valence-corrected chi connectivity index (χ2v) is 4.14. The number of amides is 1. The molecule has 0 radical (unpaired) electrons. The van der Waals surface area contributed by atoms with E-state index in [2.05, 4.69) is 10.3 Å². The second kappa shape index (κ2) is 3.13. The molecule has 0 aromatic carbocycles. The van der Waals surface area contributed by atoms with Crippen molar-refractivity contribution >= 4 is 17.4 Å². The number of nitrogens with one attached hydrogen (secondary N) is 1. The molecule has 1 amide bonds. The van der Waals surface area contributed by atoms with Crippen molar-refractivity contribution in [1.82, 2.24) is 4.98 Å². The molecule has 6 heteroatoms. The standard InChI is InChI=1S/C10H11F2N3O/c1-9(5-10(9,11)12)8(16)15-6-2-3-7(13)14-4-6/h2-4H,5H2,1H3,(H2,13,14)(H,15,16). The third-order valence-corrected chi connectivity index (χ3v) is 2.80. The van der Waals surface area contributed by atoms with Crippen LogP contribution in [0.1, 0.15) is 13.3 Å². The molecule has 2 rings (SSSR count). The molecule has 86 valence electrons. The molecule has 1 saturated carbocycles. The van der Waals surface area contributed by atoms with Gasteiger partial charge in [-0.25, -0.2) is 13.8 Å². The molecule has 1 heterocycles. The Kier molecular flexibility index (Phi) is 2.11. The molecule has 16 heavy (non-hydrogen) atoms. The van der Waals surface area contributed by atoms with Gasteiger partial charge in [-0.3, -0.25) is 4.79 Å². The number of anilines is 2. The van der Waals surface area contributed by atoms with Crippen LogP contribution in [0.25, 0.3) is 0 Å². The molecule has 0 aliphatic heterocycles. The summed E-state index contributed by atoms with van der Waals surface area (Å²) in [5.41, 5.74) is 4.13.